The Morgan fingerprint density at radius 1 is 0.879 bits per heavy atom. The lowest BCUT2D eigenvalue weighted by atomic mass is 9.94. The maximum absolute atomic E-state index is 13.2. The third kappa shape index (κ3) is 4.82. The quantitative estimate of drug-likeness (QED) is 0.295. The molecule has 0 unspecified atom stereocenters. The van der Waals surface area contributed by atoms with Crippen molar-refractivity contribution >= 4 is 11.8 Å². The molecular weight excluding hydrogens is 420 g/mol. The van der Waals surface area contributed by atoms with Gasteiger partial charge in [0.1, 0.15) is 5.75 Å². The molecular formula is C26H22N2O5. The van der Waals surface area contributed by atoms with Gasteiger partial charge >= 0.3 is 5.97 Å². The fraction of sp³-hybridized carbons (Fsp3) is 0.154. The van der Waals surface area contributed by atoms with Crippen molar-refractivity contribution in [2.24, 2.45) is 0 Å². The van der Waals surface area contributed by atoms with Crippen molar-refractivity contribution in [2.45, 2.75) is 20.5 Å². The van der Waals surface area contributed by atoms with Gasteiger partial charge in [0.2, 0.25) is 5.89 Å². The van der Waals surface area contributed by atoms with Crippen molar-refractivity contribution in [2.75, 3.05) is 7.11 Å². The maximum Gasteiger partial charge on any atom is 0.339 e. The monoisotopic (exact) mass is 442 g/mol. The van der Waals surface area contributed by atoms with Gasteiger partial charge in [-0.3, -0.25) is 4.79 Å². The average Bonchev–Trinajstić information content (AvgIpc) is 3.32. The standard InChI is InChI=1S/C26H22N2O5/c1-16-8-9-17(2)22(14-16)24(29)20-6-4-5-7-21(20)26(30)32-15-23-27-28-25(33-23)18-10-12-19(31-3)13-11-18/h4-14H,15H2,1-3H3. The molecule has 0 aliphatic rings. The first kappa shape index (κ1) is 22.0. The molecule has 166 valence electrons. The van der Waals surface area contributed by atoms with Gasteiger partial charge in [-0.25, -0.2) is 4.79 Å². The molecule has 0 radical (unpaired) electrons. The molecule has 0 N–H and O–H groups in total. The summed E-state index contributed by atoms with van der Waals surface area (Å²) < 4.78 is 16.1. The van der Waals surface area contributed by atoms with Gasteiger partial charge < -0.3 is 13.9 Å². The molecule has 1 aromatic heterocycles. The Labute approximate surface area is 191 Å². The van der Waals surface area contributed by atoms with Gasteiger partial charge in [0.05, 0.1) is 12.7 Å². The molecule has 1 heterocycles. The Morgan fingerprint density at radius 3 is 2.33 bits per heavy atom. The zero-order valence-electron chi connectivity index (χ0n) is 18.5. The molecule has 0 aliphatic carbocycles. The second-order valence-corrected chi connectivity index (χ2v) is 7.50. The number of ether oxygens (including phenoxy) is 2. The molecule has 0 saturated carbocycles. The van der Waals surface area contributed by atoms with Gasteiger partial charge in [0, 0.05) is 16.7 Å². The number of nitrogens with zero attached hydrogens (tertiary/aromatic N) is 2. The number of hydrogen-bond donors (Lipinski definition) is 0. The minimum absolute atomic E-state index is 0.146. The zero-order chi connectivity index (χ0) is 23.4. The molecule has 0 saturated heterocycles. The van der Waals surface area contributed by atoms with Crippen LogP contribution in [-0.4, -0.2) is 29.1 Å². The molecule has 0 bridgehead atoms. The highest BCUT2D eigenvalue weighted by molar-refractivity contribution is 6.15. The lowest BCUT2D eigenvalue weighted by molar-refractivity contribution is 0.0436. The van der Waals surface area contributed by atoms with Crippen LogP contribution in [0.1, 0.15) is 43.3 Å². The largest absolute Gasteiger partial charge is 0.497 e. The first-order valence-electron chi connectivity index (χ1n) is 10.3. The van der Waals surface area contributed by atoms with Gasteiger partial charge in [-0.1, -0.05) is 35.9 Å². The summed E-state index contributed by atoms with van der Waals surface area (Å²) in [5.74, 6) is 0.278. The first-order valence-corrected chi connectivity index (χ1v) is 10.3. The number of carbonyl (C=O) groups is 2. The number of rotatable bonds is 7. The van der Waals surface area contributed by atoms with Crippen LogP contribution in [0.2, 0.25) is 0 Å². The van der Waals surface area contributed by atoms with Gasteiger partial charge in [0.25, 0.3) is 5.89 Å². The van der Waals surface area contributed by atoms with Crippen LogP contribution >= 0.6 is 0 Å². The van der Waals surface area contributed by atoms with Crippen LogP contribution in [0.5, 0.6) is 5.75 Å². The van der Waals surface area contributed by atoms with E-state index in [1.807, 2.05) is 32.0 Å². The van der Waals surface area contributed by atoms with E-state index in [4.69, 9.17) is 13.9 Å². The maximum atomic E-state index is 13.2. The Bertz CT molecular complexity index is 1310. The lowest BCUT2D eigenvalue weighted by Gasteiger charge is -2.10. The van der Waals surface area contributed by atoms with E-state index < -0.39 is 5.97 Å². The van der Waals surface area contributed by atoms with Crippen molar-refractivity contribution in [3.8, 4) is 17.2 Å². The molecule has 3 aromatic carbocycles. The normalized spacial score (nSPS) is 10.6. The second-order valence-electron chi connectivity index (χ2n) is 7.50. The molecule has 0 fully saturated rings. The van der Waals surface area contributed by atoms with Crippen LogP contribution in [0.3, 0.4) is 0 Å². The second kappa shape index (κ2) is 9.48. The molecule has 4 rings (SSSR count). The minimum Gasteiger partial charge on any atom is -0.497 e. The Morgan fingerprint density at radius 2 is 1.61 bits per heavy atom. The Kier molecular flexibility index (Phi) is 6.31. The van der Waals surface area contributed by atoms with Crippen LogP contribution in [0.25, 0.3) is 11.5 Å². The number of carbonyl (C=O) groups excluding carboxylic acids is 2. The topological polar surface area (TPSA) is 91.5 Å². The van der Waals surface area contributed by atoms with Crippen LogP contribution in [0, 0.1) is 13.8 Å². The van der Waals surface area contributed by atoms with Gasteiger partial charge in [-0.2, -0.15) is 0 Å². The van der Waals surface area contributed by atoms with E-state index in [-0.39, 0.29) is 29.4 Å². The molecule has 0 atom stereocenters. The van der Waals surface area contributed by atoms with Crippen molar-refractivity contribution in [1.82, 2.24) is 10.2 Å². The molecule has 0 aliphatic heterocycles. The average molecular weight is 442 g/mol. The first-order chi connectivity index (χ1) is 16.0. The van der Waals surface area contributed by atoms with Crippen LogP contribution in [0.15, 0.2) is 71.1 Å². The summed E-state index contributed by atoms with van der Waals surface area (Å²) in [6, 6.07) is 19.4. The number of hydrogen-bond acceptors (Lipinski definition) is 7. The summed E-state index contributed by atoms with van der Waals surface area (Å²) in [4.78, 5) is 26.0. The van der Waals surface area contributed by atoms with E-state index in [0.29, 0.717) is 22.8 Å². The third-order valence-corrected chi connectivity index (χ3v) is 5.16. The molecule has 0 spiro atoms. The number of aryl methyl sites for hydroxylation is 2. The lowest BCUT2D eigenvalue weighted by Crippen LogP contribution is -2.13. The van der Waals surface area contributed by atoms with E-state index in [1.165, 1.54) is 0 Å². The van der Waals surface area contributed by atoms with Crippen molar-refractivity contribution < 1.29 is 23.5 Å². The zero-order valence-corrected chi connectivity index (χ0v) is 18.5. The van der Waals surface area contributed by atoms with Gasteiger partial charge in [-0.05, 0) is 55.8 Å². The Balaban J connectivity index is 1.49. The fourth-order valence-electron chi connectivity index (χ4n) is 3.35. The highest BCUT2D eigenvalue weighted by Gasteiger charge is 2.21. The minimum atomic E-state index is -0.645. The number of esters is 1. The van der Waals surface area contributed by atoms with Gasteiger partial charge in [-0.15, -0.1) is 10.2 Å². The van der Waals surface area contributed by atoms with Gasteiger partial charge in [0.15, 0.2) is 12.4 Å². The van der Waals surface area contributed by atoms with E-state index in [1.54, 1.807) is 55.6 Å². The van der Waals surface area contributed by atoms with Crippen molar-refractivity contribution in [3.63, 3.8) is 0 Å². The van der Waals surface area contributed by atoms with E-state index in [2.05, 4.69) is 10.2 Å². The number of benzene rings is 3. The number of ketones is 1. The molecule has 4 aromatic rings. The van der Waals surface area contributed by atoms with E-state index in [0.717, 1.165) is 11.1 Å². The molecule has 33 heavy (non-hydrogen) atoms. The van der Waals surface area contributed by atoms with E-state index >= 15 is 0 Å². The van der Waals surface area contributed by atoms with Crippen molar-refractivity contribution in [1.29, 1.82) is 0 Å². The summed E-state index contributed by atoms with van der Waals surface area (Å²) in [5, 5.41) is 7.93. The Hall–Kier alpha value is -4.26. The highest BCUT2D eigenvalue weighted by atomic mass is 16.5. The summed E-state index contributed by atoms with van der Waals surface area (Å²) in [6.45, 7) is 3.57. The highest BCUT2D eigenvalue weighted by Crippen LogP contribution is 2.22. The summed E-state index contributed by atoms with van der Waals surface area (Å²) in [7, 11) is 1.59. The fourth-order valence-corrected chi connectivity index (χ4v) is 3.35. The van der Waals surface area contributed by atoms with Crippen molar-refractivity contribution in [3.05, 3.63) is 100 Å². The number of aromatic nitrogens is 2. The smallest absolute Gasteiger partial charge is 0.339 e. The summed E-state index contributed by atoms with van der Waals surface area (Å²) in [6.07, 6.45) is 0. The number of methoxy groups -OCH3 is 1. The molecule has 7 nitrogen and oxygen atoms in total. The van der Waals surface area contributed by atoms with Crippen LogP contribution < -0.4 is 4.74 Å². The van der Waals surface area contributed by atoms with Crippen LogP contribution in [-0.2, 0) is 11.3 Å². The van der Waals surface area contributed by atoms with Crippen LogP contribution in [0.4, 0.5) is 0 Å². The van der Waals surface area contributed by atoms with E-state index in [9.17, 15) is 9.59 Å². The SMILES string of the molecule is COc1ccc(-c2nnc(COC(=O)c3ccccc3C(=O)c3cc(C)ccc3C)o2)cc1. The summed E-state index contributed by atoms with van der Waals surface area (Å²) >= 11 is 0. The molecule has 0 amide bonds. The predicted octanol–water partition coefficient (Wildman–Crippen LogP) is 4.95. The molecule has 7 heteroatoms. The predicted molar refractivity (Wildman–Crippen MR) is 121 cm³/mol. The summed E-state index contributed by atoms with van der Waals surface area (Å²) in [5.41, 5.74) is 3.53. The third-order valence-electron chi connectivity index (χ3n) is 5.16.